The van der Waals surface area contributed by atoms with Crippen LogP contribution in [0, 0.1) is 5.41 Å². The van der Waals surface area contributed by atoms with Gasteiger partial charge in [-0.3, -0.25) is 0 Å². The van der Waals surface area contributed by atoms with E-state index >= 15 is 0 Å². The van der Waals surface area contributed by atoms with Crippen LogP contribution in [0.1, 0.15) is 12.0 Å². The van der Waals surface area contributed by atoms with Gasteiger partial charge in [0.1, 0.15) is 5.75 Å². The first-order valence-corrected chi connectivity index (χ1v) is 5.17. The molecule has 0 amide bonds. The van der Waals surface area contributed by atoms with Gasteiger partial charge in [-0.25, -0.2) is 0 Å². The molecule has 0 aromatic heterocycles. The third-order valence-electron chi connectivity index (χ3n) is 2.15. The van der Waals surface area contributed by atoms with Crippen LogP contribution >= 0.6 is 0 Å². The van der Waals surface area contributed by atoms with Crippen LogP contribution in [0.2, 0.25) is 0 Å². The Morgan fingerprint density at radius 1 is 1.31 bits per heavy atom. The number of nitrogens with one attached hydrogen (secondary N) is 1. The molecule has 4 nitrogen and oxygen atoms in total. The Labute approximate surface area is 95.3 Å². The first kappa shape index (κ1) is 12.5. The topological polar surface area (TPSA) is 65.4 Å². The van der Waals surface area contributed by atoms with E-state index in [-0.39, 0.29) is 6.61 Å². The van der Waals surface area contributed by atoms with E-state index in [1.807, 2.05) is 24.3 Å². The van der Waals surface area contributed by atoms with Crippen molar-refractivity contribution in [3.8, 4) is 5.75 Å². The van der Waals surface area contributed by atoms with Gasteiger partial charge in [-0.2, -0.15) is 0 Å². The second-order valence-corrected chi connectivity index (χ2v) is 3.43. The molecule has 0 saturated carbocycles. The highest BCUT2D eigenvalue weighted by Crippen LogP contribution is 2.12. The number of aryl methyl sites for hydroxylation is 1. The van der Waals surface area contributed by atoms with E-state index in [1.54, 1.807) is 7.11 Å². The molecule has 0 aliphatic carbocycles. The maximum absolute atomic E-state index is 10.3. The van der Waals surface area contributed by atoms with Crippen LogP contribution in [0.15, 0.2) is 24.3 Å². The van der Waals surface area contributed by atoms with Crippen molar-refractivity contribution >= 4 is 5.90 Å². The molecule has 88 valence electrons. The zero-order chi connectivity index (χ0) is 11.8. The lowest BCUT2D eigenvalue weighted by atomic mass is 10.1. The minimum atomic E-state index is -0.676. The molecule has 0 fully saturated rings. The van der Waals surface area contributed by atoms with Crippen molar-refractivity contribution in [3.05, 3.63) is 29.8 Å². The minimum Gasteiger partial charge on any atom is -0.861 e. The fourth-order valence-corrected chi connectivity index (χ4v) is 1.34. The highest BCUT2D eigenvalue weighted by Gasteiger charge is 1.95. The Kier molecular flexibility index (Phi) is 5.36. The first-order valence-electron chi connectivity index (χ1n) is 5.17. The Balaban J connectivity index is 2.19. The smallest absolute Gasteiger partial charge is 0.118 e. The summed E-state index contributed by atoms with van der Waals surface area (Å²) >= 11 is 0. The summed E-state index contributed by atoms with van der Waals surface area (Å²) in [5.74, 6) is 0.171. The lowest BCUT2D eigenvalue weighted by molar-refractivity contribution is -0.224. The van der Waals surface area contributed by atoms with Gasteiger partial charge in [0.2, 0.25) is 0 Å². The zero-order valence-electron chi connectivity index (χ0n) is 9.36. The van der Waals surface area contributed by atoms with Gasteiger partial charge in [-0.05, 0) is 36.4 Å². The molecule has 0 unspecified atom stereocenters. The number of benzene rings is 1. The fourth-order valence-electron chi connectivity index (χ4n) is 1.34. The van der Waals surface area contributed by atoms with E-state index in [1.165, 1.54) is 5.56 Å². The Hall–Kier alpha value is -1.55. The molecular weight excluding hydrogens is 206 g/mol. The van der Waals surface area contributed by atoms with Crippen LogP contribution < -0.4 is 9.84 Å². The second-order valence-electron chi connectivity index (χ2n) is 3.43. The van der Waals surface area contributed by atoms with Gasteiger partial charge < -0.3 is 20.0 Å². The molecule has 0 spiro atoms. The van der Waals surface area contributed by atoms with Gasteiger partial charge in [0.15, 0.2) is 0 Å². The van der Waals surface area contributed by atoms with Crippen LogP contribution in [0.25, 0.3) is 0 Å². The molecule has 1 N–H and O–H groups in total. The normalized spacial score (nSPS) is 10.1. The molecule has 1 rings (SSSR count). The van der Waals surface area contributed by atoms with Crippen LogP contribution in [0.3, 0.4) is 0 Å². The predicted octanol–water partition coefficient (Wildman–Crippen LogP) is 0.982. The van der Waals surface area contributed by atoms with E-state index in [0.29, 0.717) is 6.61 Å². The third-order valence-corrected chi connectivity index (χ3v) is 2.15. The lowest BCUT2D eigenvalue weighted by Gasteiger charge is -2.08. The average molecular weight is 222 g/mol. The summed E-state index contributed by atoms with van der Waals surface area (Å²) in [4.78, 5) is 0. The largest absolute Gasteiger partial charge is 0.861 e. The molecule has 4 heteroatoms. The van der Waals surface area contributed by atoms with Gasteiger partial charge >= 0.3 is 0 Å². The molecule has 0 aliphatic heterocycles. The van der Waals surface area contributed by atoms with Crippen LogP contribution in [0.4, 0.5) is 0 Å². The van der Waals surface area contributed by atoms with Gasteiger partial charge in [0, 0.05) is 6.61 Å². The number of ether oxygens (including phenoxy) is 2. The van der Waals surface area contributed by atoms with Crippen molar-refractivity contribution < 1.29 is 14.6 Å². The van der Waals surface area contributed by atoms with Crippen molar-refractivity contribution in [2.75, 3.05) is 20.3 Å². The Morgan fingerprint density at radius 2 is 2.00 bits per heavy atom. The summed E-state index contributed by atoms with van der Waals surface area (Å²) in [6.45, 7) is 0.402. The molecule has 0 saturated heterocycles. The standard InChI is InChI=1S/C12H17NO3/c1-15-11-6-4-10(5-7-11)3-2-8-16-9-12(13)14/h4-7H,2-3,8-9H2,1H3,(H2,13,14)/p-1. The highest BCUT2D eigenvalue weighted by molar-refractivity contribution is 5.68. The van der Waals surface area contributed by atoms with Crippen molar-refractivity contribution in [2.24, 2.45) is 0 Å². The lowest BCUT2D eigenvalue weighted by Crippen LogP contribution is -2.22. The maximum atomic E-state index is 10.3. The van der Waals surface area contributed by atoms with E-state index in [9.17, 15) is 5.11 Å². The van der Waals surface area contributed by atoms with E-state index in [2.05, 4.69) is 0 Å². The molecule has 1 aromatic rings. The van der Waals surface area contributed by atoms with Crippen molar-refractivity contribution in [3.63, 3.8) is 0 Å². The van der Waals surface area contributed by atoms with Gasteiger partial charge in [-0.15, -0.1) is 0 Å². The van der Waals surface area contributed by atoms with Crippen LogP contribution in [0.5, 0.6) is 5.75 Å². The molecule has 0 radical (unpaired) electrons. The monoisotopic (exact) mass is 222 g/mol. The second kappa shape index (κ2) is 6.85. The summed E-state index contributed by atoms with van der Waals surface area (Å²) in [6, 6.07) is 7.86. The van der Waals surface area contributed by atoms with Gasteiger partial charge in [0.05, 0.1) is 13.7 Å². The zero-order valence-corrected chi connectivity index (χ0v) is 9.36. The quantitative estimate of drug-likeness (QED) is 0.425. The highest BCUT2D eigenvalue weighted by atomic mass is 16.5. The minimum absolute atomic E-state index is 0.109. The van der Waals surface area contributed by atoms with Crippen molar-refractivity contribution in [1.29, 1.82) is 5.41 Å². The summed E-state index contributed by atoms with van der Waals surface area (Å²) in [5, 5.41) is 16.9. The summed E-state index contributed by atoms with van der Waals surface area (Å²) in [5.41, 5.74) is 1.21. The Morgan fingerprint density at radius 3 is 2.56 bits per heavy atom. The molecule has 0 aliphatic rings. The fraction of sp³-hybridized carbons (Fsp3) is 0.417. The van der Waals surface area contributed by atoms with Gasteiger partial charge in [0.25, 0.3) is 0 Å². The molecular formula is C12H16NO3-. The maximum Gasteiger partial charge on any atom is 0.118 e. The molecule has 16 heavy (non-hydrogen) atoms. The average Bonchev–Trinajstić information content (AvgIpc) is 2.29. The van der Waals surface area contributed by atoms with Crippen molar-refractivity contribution in [2.45, 2.75) is 12.8 Å². The van der Waals surface area contributed by atoms with Crippen molar-refractivity contribution in [1.82, 2.24) is 0 Å². The van der Waals surface area contributed by atoms with E-state index in [0.717, 1.165) is 18.6 Å². The molecule has 0 atom stereocenters. The molecule has 0 heterocycles. The van der Waals surface area contributed by atoms with Crippen LogP contribution in [-0.4, -0.2) is 26.2 Å². The van der Waals surface area contributed by atoms with E-state index in [4.69, 9.17) is 14.9 Å². The number of hydrogen-bond donors (Lipinski definition) is 1. The first-order chi connectivity index (χ1) is 7.72. The summed E-state index contributed by atoms with van der Waals surface area (Å²) in [6.07, 6.45) is 1.75. The summed E-state index contributed by atoms with van der Waals surface area (Å²) in [7, 11) is 1.64. The molecule has 0 bridgehead atoms. The number of methoxy groups -OCH3 is 1. The Bertz CT molecular complexity index is 322. The third kappa shape index (κ3) is 4.79. The predicted molar refractivity (Wildman–Crippen MR) is 59.9 cm³/mol. The van der Waals surface area contributed by atoms with E-state index < -0.39 is 5.90 Å². The molecule has 1 aromatic carbocycles. The SMILES string of the molecule is COc1ccc(CCCOCC(=N)[O-])cc1. The number of hydrogen-bond acceptors (Lipinski definition) is 4. The summed E-state index contributed by atoms with van der Waals surface area (Å²) < 4.78 is 10.1. The van der Waals surface area contributed by atoms with Gasteiger partial charge in [-0.1, -0.05) is 12.1 Å². The number of rotatable bonds is 7. The van der Waals surface area contributed by atoms with Crippen LogP contribution in [-0.2, 0) is 11.2 Å².